The Kier molecular flexibility index (Phi) is 312. The third-order valence-corrected chi connectivity index (χ3v) is 0. The summed E-state index contributed by atoms with van der Waals surface area (Å²) in [5.74, 6) is 0. The standard InChI is InChI=1S/2K.4HNO2.Pt/c;;4*2-1-3;/h;;4*(H,2,3);/q;;;;;;+4/p-4. The minimum Gasteiger partial charge on any atom is -0.444 e. The molecule has 0 unspecified atom stereocenters. The second-order valence-electron chi connectivity index (χ2n) is 0.298. The van der Waals surface area contributed by atoms with Crippen LogP contribution in [0.4, 0.5) is 0 Å². The molecule has 80 valence electrons. The first-order valence-electron chi connectivity index (χ1n) is 1.46. The van der Waals surface area contributed by atoms with E-state index in [2.05, 4.69) is 0 Å². The molecule has 0 saturated carbocycles. The SMILES string of the molecule is O=N[O-].O=N[O-].O=N[O-].O=N[O-].[K].[K].[Pt+4]. The molecular formula is K2N4O8Pt. The van der Waals surface area contributed by atoms with Crippen LogP contribution in [0.2, 0.25) is 0 Å². The Labute approximate surface area is 181 Å². The molecule has 2 radical (unpaired) electrons. The monoisotopic (exact) mass is 457 g/mol. The zero-order valence-corrected chi connectivity index (χ0v) is 15.9. The molecule has 0 N–H and O–H groups in total. The summed E-state index contributed by atoms with van der Waals surface area (Å²) < 4.78 is 0. The molecule has 0 aliphatic carbocycles. The Bertz CT molecular complexity index is 78.6. The summed E-state index contributed by atoms with van der Waals surface area (Å²) in [5, 5.41) is 36.0. The van der Waals surface area contributed by atoms with Gasteiger partial charge in [0.05, 0.1) is 0 Å². The third-order valence-electron chi connectivity index (χ3n) is 0. The number of rotatable bonds is 0. The summed E-state index contributed by atoms with van der Waals surface area (Å²) in [6.45, 7) is 0. The summed E-state index contributed by atoms with van der Waals surface area (Å²) in [4.78, 5) is 32.0. The molecule has 15 heteroatoms. The van der Waals surface area contributed by atoms with E-state index in [1.807, 2.05) is 0 Å². The molecule has 0 heterocycles. The van der Waals surface area contributed by atoms with Gasteiger partial charge in [0.25, 0.3) is 0 Å². The Morgan fingerprint density at radius 2 is 0.533 bits per heavy atom. The molecule has 0 aliphatic heterocycles. The van der Waals surface area contributed by atoms with Gasteiger partial charge in [-0.05, 0) is 0 Å². The van der Waals surface area contributed by atoms with E-state index in [0.717, 1.165) is 21.4 Å². The first kappa shape index (κ1) is 43.9. The maximum atomic E-state index is 8.00. The average Bonchev–Trinajstić information content (AvgIpc) is 1.92. The van der Waals surface area contributed by atoms with Crippen LogP contribution < -0.4 is 0 Å². The van der Waals surface area contributed by atoms with Crippen molar-refractivity contribution in [3.8, 4) is 0 Å². The van der Waals surface area contributed by atoms with Gasteiger partial charge in [-0.1, -0.05) is 0 Å². The van der Waals surface area contributed by atoms with Gasteiger partial charge < -0.3 is 40.5 Å². The summed E-state index contributed by atoms with van der Waals surface area (Å²) in [6.07, 6.45) is 0. The van der Waals surface area contributed by atoms with E-state index in [4.69, 9.17) is 40.5 Å². The summed E-state index contributed by atoms with van der Waals surface area (Å²) in [7, 11) is 0. The van der Waals surface area contributed by atoms with E-state index < -0.39 is 0 Å². The van der Waals surface area contributed by atoms with Crippen molar-refractivity contribution in [2.45, 2.75) is 0 Å². The quantitative estimate of drug-likeness (QED) is 0.278. The third kappa shape index (κ3) is 1170. The minimum atomic E-state index is 0. The predicted octanol–water partition coefficient (Wildman–Crippen LogP) is 0.238. The van der Waals surface area contributed by atoms with E-state index in [9.17, 15) is 0 Å². The van der Waals surface area contributed by atoms with E-state index in [1.54, 1.807) is 0 Å². The molecular weight excluding hydrogens is 457 g/mol. The molecule has 0 aliphatic rings. The van der Waals surface area contributed by atoms with Crippen LogP contribution >= 0.6 is 0 Å². The van der Waals surface area contributed by atoms with Crippen LogP contribution in [0.25, 0.3) is 0 Å². The predicted molar refractivity (Wildman–Crippen MR) is 48.2 cm³/mol. The van der Waals surface area contributed by atoms with Crippen molar-refractivity contribution >= 4 is 103 Å². The Morgan fingerprint density at radius 3 is 0.533 bits per heavy atom. The summed E-state index contributed by atoms with van der Waals surface area (Å²) >= 11 is 0. The van der Waals surface area contributed by atoms with Crippen molar-refractivity contribution in [1.29, 1.82) is 0 Å². The van der Waals surface area contributed by atoms with Crippen LogP contribution in [0, 0.1) is 40.5 Å². The Balaban J connectivity index is -0.0000000107. The van der Waals surface area contributed by atoms with Crippen LogP contribution in [-0.2, 0) is 21.1 Å². The van der Waals surface area contributed by atoms with Gasteiger partial charge in [0.15, 0.2) is 0 Å². The summed E-state index contributed by atoms with van der Waals surface area (Å²) in [5.41, 5.74) is 0. The largest absolute Gasteiger partial charge is 4.00 e. The molecule has 0 saturated heterocycles. The van der Waals surface area contributed by atoms with Crippen LogP contribution in [0.5, 0.6) is 0 Å². The van der Waals surface area contributed by atoms with Crippen molar-refractivity contribution in [2.75, 3.05) is 0 Å². The normalized spacial score (nSPS) is 3.20. The molecule has 0 spiro atoms. The van der Waals surface area contributed by atoms with Crippen molar-refractivity contribution in [2.24, 2.45) is 21.4 Å². The van der Waals surface area contributed by atoms with Crippen molar-refractivity contribution < 1.29 is 21.1 Å². The molecule has 0 aromatic heterocycles. The first-order chi connectivity index (χ1) is 5.66. The first-order valence-corrected chi connectivity index (χ1v) is 1.46. The van der Waals surface area contributed by atoms with Gasteiger partial charge in [0.1, 0.15) is 0 Å². The van der Waals surface area contributed by atoms with Crippen LogP contribution in [0.3, 0.4) is 0 Å². The number of hydrogen-bond acceptors (Lipinski definition) is 12. The number of nitrogens with zero attached hydrogens (tertiary/aromatic N) is 4. The van der Waals surface area contributed by atoms with Gasteiger partial charge in [0.2, 0.25) is 0 Å². The summed E-state index contributed by atoms with van der Waals surface area (Å²) in [6, 6.07) is 0. The van der Waals surface area contributed by atoms with Crippen LogP contribution in [-0.4, -0.2) is 103 Å². The van der Waals surface area contributed by atoms with Gasteiger partial charge in [0, 0.05) is 103 Å². The smallest absolute Gasteiger partial charge is 0.444 e. The van der Waals surface area contributed by atoms with E-state index in [-0.39, 0.29) is 124 Å². The fraction of sp³-hybridized carbons (Fsp3) is 0. The van der Waals surface area contributed by atoms with Crippen molar-refractivity contribution in [3.63, 3.8) is 0 Å². The van der Waals surface area contributed by atoms with E-state index in [0.29, 0.717) is 0 Å². The fourth-order valence-corrected chi connectivity index (χ4v) is 0. The van der Waals surface area contributed by atoms with Gasteiger partial charge in [-0.2, -0.15) is 0 Å². The number of hydrogen-bond donors (Lipinski definition) is 0. The van der Waals surface area contributed by atoms with Crippen LogP contribution in [0.1, 0.15) is 0 Å². The molecule has 0 fully saturated rings. The van der Waals surface area contributed by atoms with Gasteiger partial charge in [-0.15, -0.1) is 21.4 Å². The van der Waals surface area contributed by atoms with Crippen molar-refractivity contribution in [3.05, 3.63) is 40.5 Å². The average molecular weight is 457 g/mol. The molecule has 0 atom stereocenters. The minimum absolute atomic E-state index is 0. The zero-order valence-electron chi connectivity index (χ0n) is 7.37. The molecule has 0 rings (SSSR count). The Morgan fingerprint density at radius 1 is 0.533 bits per heavy atom. The fourth-order valence-electron chi connectivity index (χ4n) is 0. The van der Waals surface area contributed by atoms with E-state index >= 15 is 0 Å². The molecule has 0 bridgehead atoms. The second-order valence-corrected chi connectivity index (χ2v) is 0.298. The maximum absolute atomic E-state index is 8.00. The Hall–Kier alpha value is 1.56. The van der Waals surface area contributed by atoms with Crippen molar-refractivity contribution in [1.82, 2.24) is 0 Å². The zero-order chi connectivity index (χ0) is 10.8. The molecule has 0 aromatic carbocycles. The van der Waals surface area contributed by atoms with Gasteiger partial charge in [-0.25, -0.2) is 0 Å². The molecule has 0 amide bonds. The van der Waals surface area contributed by atoms with Gasteiger partial charge >= 0.3 is 21.1 Å². The molecule has 12 nitrogen and oxygen atoms in total. The van der Waals surface area contributed by atoms with Crippen LogP contribution in [0.15, 0.2) is 21.4 Å². The molecule has 15 heavy (non-hydrogen) atoms. The topological polar surface area (TPSA) is 210 Å². The second kappa shape index (κ2) is 107. The van der Waals surface area contributed by atoms with E-state index in [1.165, 1.54) is 0 Å². The maximum Gasteiger partial charge on any atom is 4.00 e. The molecule has 0 aromatic rings. The van der Waals surface area contributed by atoms with Gasteiger partial charge in [-0.3, -0.25) is 0 Å².